The van der Waals surface area contributed by atoms with Crippen LogP contribution in [0.25, 0.3) is 0 Å². The Bertz CT molecular complexity index is 166. The largest absolute Gasteiger partial charge is 0.365 e. The van der Waals surface area contributed by atoms with Crippen LogP contribution < -0.4 is 10.6 Å². The fraction of sp³-hybridized carbons (Fsp3) is 0.667. The zero-order valence-electron chi connectivity index (χ0n) is 7.30. The number of rotatable bonds is 0. The van der Waals surface area contributed by atoms with Gasteiger partial charge in [-0.05, 0) is 12.2 Å². The molecule has 0 aromatic heterocycles. The Morgan fingerprint density at radius 3 is 2.18 bits per heavy atom. The van der Waals surface area contributed by atoms with Crippen molar-refractivity contribution in [3.63, 3.8) is 0 Å². The van der Waals surface area contributed by atoms with Crippen molar-refractivity contribution < 1.29 is 0 Å². The number of hydrogen-bond acceptors (Lipinski definition) is 2. The summed E-state index contributed by atoms with van der Waals surface area (Å²) in [6, 6.07) is 0. The first-order chi connectivity index (χ1) is 5.17. The van der Waals surface area contributed by atoms with Crippen molar-refractivity contribution in [2.75, 3.05) is 28.2 Å². The molecule has 5 heteroatoms. The van der Waals surface area contributed by atoms with Gasteiger partial charge in [-0.25, -0.2) is 0 Å². The highest BCUT2D eigenvalue weighted by molar-refractivity contribution is 7.80. The second-order valence-electron chi connectivity index (χ2n) is 1.91. The van der Waals surface area contributed by atoms with Crippen molar-refractivity contribution in [3.8, 4) is 0 Å². The number of thiocarbonyl (C=S) groups is 1. The normalized spacial score (nSPS) is 10.7. The monoisotopic (exact) mass is 174 g/mol. The van der Waals surface area contributed by atoms with E-state index >= 15 is 0 Å². The van der Waals surface area contributed by atoms with Crippen LogP contribution in [0.5, 0.6) is 0 Å². The lowest BCUT2D eigenvalue weighted by molar-refractivity contribution is 0.698. The molecule has 0 saturated carbocycles. The van der Waals surface area contributed by atoms with Crippen LogP contribution in [-0.4, -0.2) is 44.2 Å². The Morgan fingerprint density at radius 2 is 1.91 bits per heavy atom. The maximum atomic E-state index is 4.98. The summed E-state index contributed by atoms with van der Waals surface area (Å²) in [7, 11) is 7.14. The molecule has 0 saturated heterocycles. The Hall–Kier alpha value is -0.840. The lowest BCUT2D eigenvalue weighted by Gasteiger charge is -2.20. The lowest BCUT2D eigenvalue weighted by Crippen LogP contribution is -2.44. The highest BCUT2D eigenvalue weighted by Crippen LogP contribution is 1.84. The Kier molecular flexibility index (Phi) is 4.52. The van der Waals surface area contributed by atoms with Gasteiger partial charge in [-0.1, -0.05) is 0 Å². The first-order valence-corrected chi connectivity index (χ1v) is 3.68. The molecule has 4 nitrogen and oxygen atoms in total. The van der Waals surface area contributed by atoms with E-state index in [4.69, 9.17) is 12.2 Å². The van der Waals surface area contributed by atoms with Gasteiger partial charge in [0.05, 0.1) is 0 Å². The Balaban J connectivity index is 4.21. The van der Waals surface area contributed by atoms with E-state index in [0.29, 0.717) is 5.11 Å². The summed E-state index contributed by atoms with van der Waals surface area (Å²) in [4.78, 5) is 5.74. The van der Waals surface area contributed by atoms with Gasteiger partial charge in [-0.3, -0.25) is 9.89 Å². The molecule has 0 bridgehead atoms. The van der Waals surface area contributed by atoms with E-state index in [1.54, 1.807) is 26.0 Å². The van der Waals surface area contributed by atoms with Crippen LogP contribution >= 0.6 is 12.2 Å². The first kappa shape index (κ1) is 10.2. The van der Waals surface area contributed by atoms with Crippen molar-refractivity contribution in [3.05, 3.63) is 0 Å². The maximum absolute atomic E-state index is 4.98. The van der Waals surface area contributed by atoms with E-state index in [2.05, 4.69) is 15.6 Å². The number of guanidine groups is 1. The maximum Gasteiger partial charge on any atom is 0.199 e. The summed E-state index contributed by atoms with van der Waals surface area (Å²) < 4.78 is 0. The van der Waals surface area contributed by atoms with E-state index < -0.39 is 0 Å². The van der Waals surface area contributed by atoms with E-state index in [0.717, 1.165) is 5.96 Å². The number of hydrogen-bond donors (Lipinski definition) is 2. The molecular weight excluding hydrogens is 160 g/mol. The average Bonchev–Trinajstić information content (AvgIpc) is 2.05. The summed E-state index contributed by atoms with van der Waals surface area (Å²) in [6.45, 7) is 0. The van der Waals surface area contributed by atoms with Crippen molar-refractivity contribution in [1.82, 2.24) is 15.5 Å². The molecule has 0 aliphatic heterocycles. The van der Waals surface area contributed by atoms with Crippen LogP contribution in [0.1, 0.15) is 0 Å². The van der Waals surface area contributed by atoms with E-state index in [1.165, 1.54) is 0 Å². The molecule has 0 heterocycles. The van der Waals surface area contributed by atoms with Crippen LogP contribution in [0.15, 0.2) is 4.99 Å². The molecule has 64 valence electrons. The fourth-order valence-corrected chi connectivity index (χ4v) is 0.780. The third kappa shape index (κ3) is 2.71. The SMILES string of the molecule is CN=C(NC)N(C)C(=S)NC. The fourth-order valence-electron chi connectivity index (χ4n) is 0.693. The van der Waals surface area contributed by atoms with Gasteiger partial charge in [0.2, 0.25) is 0 Å². The molecule has 0 unspecified atom stereocenters. The first-order valence-electron chi connectivity index (χ1n) is 3.27. The minimum atomic E-state index is 0.639. The van der Waals surface area contributed by atoms with Crippen LogP contribution in [-0.2, 0) is 0 Å². The van der Waals surface area contributed by atoms with Gasteiger partial charge in [0.25, 0.3) is 0 Å². The second kappa shape index (κ2) is 4.90. The predicted molar refractivity (Wildman–Crippen MR) is 51.8 cm³/mol. The topological polar surface area (TPSA) is 39.7 Å². The van der Waals surface area contributed by atoms with Gasteiger partial charge in [0, 0.05) is 28.2 Å². The molecule has 0 rings (SSSR count). The van der Waals surface area contributed by atoms with Crippen LogP contribution in [0.4, 0.5) is 0 Å². The predicted octanol–water partition coefficient (Wildman–Crippen LogP) is -0.372. The van der Waals surface area contributed by atoms with Gasteiger partial charge in [-0.15, -0.1) is 0 Å². The van der Waals surface area contributed by atoms with Gasteiger partial charge < -0.3 is 10.6 Å². The zero-order valence-corrected chi connectivity index (χ0v) is 8.12. The summed E-state index contributed by atoms with van der Waals surface area (Å²) >= 11 is 4.98. The molecule has 0 spiro atoms. The van der Waals surface area contributed by atoms with E-state index in [-0.39, 0.29) is 0 Å². The second-order valence-corrected chi connectivity index (χ2v) is 2.30. The van der Waals surface area contributed by atoms with Crippen LogP contribution in [0.3, 0.4) is 0 Å². The molecule has 0 atom stereocenters. The van der Waals surface area contributed by atoms with Gasteiger partial charge in [0.1, 0.15) is 0 Å². The highest BCUT2D eigenvalue weighted by Gasteiger charge is 2.05. The number of aliphatic imine (C=N–C) groups is 1. The molecule has 0 radical (unpaired) electrons. The van der Waals surface area contributed by atoms with Crippen molar-refractivity contribution in [2.24, 2.45) is 4.99 Å². The molecule has 0 aromatic rings. The molecule has 0 fully saturated rings. The van der Waals surface area contributed by atoms with Gasteiger partial charge in [-0.2, -0.15) is 0 Å². The van der Waals surface area contributed by atoms with Crippen LogP contribution in [0.2, 0.25) is 0 Å². The number of nitrogens with zero attached hydrogens (tertiary/aromatic N) is 2. The van der Waals surface area contributed by atoms with Gasteiger partial charge >= 0.3 is 0 Å². The van der Waals surface area contributed by atoms with E-state index in [9.17, 15) is 0 Å². The molecule has 0 amide bonds. The molecule has 0 aliphatic carbocycles. The van der Waals surface area contributed by atoms with Crippen molar-refractivity contribution >= 4 is 23.3 Å². The lowest BCUT2D eigenvalue weighted by atomic mass is 10.7. The summed E-state index contributed by atoms with van der Waals surface area (Å²) in [6.07, 6.45) is 0. The quantitative estimate of drug-likeness (QED) is 0.298. The van der Waals surface area contributed by atoms with Crippen molar-refractivity contribution in [2.45, 2.75) is 0 Å². The standard InChI is InChI=1S/C6H14N4S/c1-7-5(8-2)10(4)6(11)9-3/h1-4H3,(H,7,8)(H,9,11). The Morgan fingerprint density at radius 1 is 1.36 bits per heavy atom. The smallest absolute Gasteiger partial charge is 0.199 e. The zero-order chi connectivity index (χ0) is 8.85. The Labute approximate surface area is 72.7 Å². The minimum absolute atomic E-state index is 0.639. The summed E-state index contributed by atoms with van der Waals surface area (Å²) in [5, 5.41) is 6.40. The highest BCUT2D eigenvalue weighted by atomic mass is 32.1. The van der Waals surface area contributed by atoms with Gasteiger partial charge in [0.15, 0.2) is 11.1 Å². The molecule has 11 heavy (non-hydrogen) atoms. The number of nitrogens with one attached hydrogen (secondary N) is 2. The summed E-state index contributed by atoms with van der Waals surface area (Å²) in [5.41, 5.74) is 0. The summed E-state index contributed by atoms with van der Waals surface area (Å²) in [5.74, 6) is 0.740. The molecule has 0 aromatic carbocycles. The molecule has 2 N–H and O–H groups in total. The van der Waals surface area contributed by atoms with E-state index in [1.807, 2.05) is 7.05 Å². The third-order valence-corrected chi connectivity index (χ3v) is 1.75. The average molecular weight is 174 g/mol. The third-order valence-electron chi connectivity index (χ3n) is 1.27. The van der Waals surface area contributed by atoms with Crippen molar-refractivity contribution in [1.29, 1.82) is 0 Å². The van der Waals surface area contributed by atoms with Crippen LogP contribution in [0, 0.1) is 0 Å². The minimum Gasteiger partial charge on any atom is -0.365 e. The molecule has 0 aliphatic rings. The molecular formula is C6H14N4S.